The average Bonchev–Trinajstić information content (AvgIpc) is 3.17. The van der Waals surface area contributed by atoms with E-state index in [0.29, 0.717) is 0 Å². The van der Waals surface area contributed by atoms with E-state index in [1.54, 1.807) is 0 Å². The van der Waals surface area contributed by atoms with E-state index in [4.69, 9.17) is 11.5 Å². The molecular formula is C28H62N4+2. The summed E-state index contributed by atoms with van der Waals surface area (Å²) in [6.45, 7) is 14.2. The predicted octanol–water partition coefficient (Wildman–Crippen LogP) is 5.54. The van der Waals surface area contributed by atoms with Gasteiger partial charge in [0.25, 0.3) is 0 Å². The first-order valence-corrected chi connectivity index (χ1v) is 14.6. The van der Waals surface area contributed by atoms with Gasteiger partial charge in [-0.15, -0.1) is 0 Å². The Morgan fingerprint density at radius 3 is 1.56 bits per heavy atom. The Morgan fingerprint density at radius 1 is 0.562 bits per heavy atom. The third-order valence-electron chi connectivity index (χ3n) is 8.46. The molecule has 2 aliphatic heterocycles. The lowest BCUT2D eigenvalue weighted by Gasteiger charge is -2.41. The third-order valence-corrected chi connectivity index (χ3v) is 8.46. The van der Waals surface area contributed by atoms with Crippen LogP contribution >= 0.6 is 0 Å². The van der Waals surface area contributed by atoms with Gasteiger partial charge >= 0.3 is 0 Å². The van der Waals surface area contributed by atoms with Gasteiger partial charge in [-0.3, -0.25) is 0 Å². The molecule has 0 aromatic rings. The molecule has 0 amide bonds. The topological polar surface area (TPSA) is 52.0 Å². The van der Waals surface area contributed by atoms with Gasteiger partial charge in [0.2, 0.25) is 0 Å². The maximum absolute atomic E-state index is 5.62. The fourth-order valence-electron chi connectivity index (χ4n) is 6.17. The van der Waals surface area contributed by atoms with Crippen LogP contribution in [0.3, 0.4) is 0 Å². The minimum Gasteiger partial charge on any atom is -0.330 e. The molecule has 0 aromatic heterocycles. The first-order chi connectivity index (χ1) is 15.5. The molecule has 2 unspecified atom stereocenters. The molecule has 0 saturated carbocycles. The zero-order valence-electron chi connectivity index (χ0n) is 22.8. The van der Waals surface area contributed by atoms with E-state index in [-0.39, 0.29) is 0 Å². The van der Waals surface area contributed by atoms with Crippen LogP contribution in [0, 0.1) is 11.8 Å². The van der Waals surface area contributed by atoms with Crippen LogP contribution in [-0.2, 0) is 0 Å². The van der Waals surface area contributed by atoms with Crippen molar-refractivity contribution in [1.29, 1.82) is 0 Å². The summed E-state index contributed by atoms with van der Waals surface area (Å²) in [7, 11) is 5.02. The van der Waals surface area contributed by atoms with Crippen molar-refractivity contribution in [1.82, 2.24) is 0 Å². The van der Waals surface area contributed by atoms with Gasteiger partial charge in [0.15, 0.2) is 0 Å². The number of piperidine rings is 1. The number of quaternary nitrogens is 2. The largest absolute Gasteiger partial charge is 0.330 e. The summed E-state index contributed by atoms with van der Waals surface area (Å²) in [5.41, 5.74) is 11.2. The van der Waals surface area contributed by atoms with E-state index in [9.17, 15) is 0 Å². The van der Waals surface area contributed by atoms with Gasteiger partial charge in [0, 0.05) is 12.3 Å². The SMILES string of the molecule is CC.C[N+]1(CCCCCCN)CCC(CCCC2CC[N+](C)(CCCCCCN)C2)CC1. The maximum atomic E-state index is 5.62. The lowest BCUT2D eigenvalue weighted by atomic mass is 9.88. The molecule has 2 rings (SSSR count). The Balaban J connectivity index is 0.00000249. The fraction of sp³-hybridized carbons (Fsp3) is 1.00. The van der Waals surface area contributed by atoms with Crippen molar-refractivity contribution in [3.05, 3.63) is 0 Å². The van der Waals surface area contributed by atoms with Crippen LogP contribution in [0.15, 0.2) is 0 Å². The lowest BCUT2D eigenvalue weighted by molar-refractivity contribution is -0.915. The summed E-state index contributed by atoms with van der Waals surface area (Å²) in [4.78, 5) is 0. The van der Waals surface area contributed by atoms with Crippen LogP contribution in [0.5, 0.6) is 0 Å². The maximum Gasteiger partial charge on any atom is 0.0815 e. The number of unbranched alkanes of at least 4 members (excludes halogenated alkanes) is 6. The first kappa shape index (κ1) is 29.9. The molecule has 2 heterocycles. The molecule has 0 aliphatic carbocycles. The highest BCUT2D eigenvalue weighted by Gasteiger charge is 2.34. The van der Waals surface area contributed by atoms with Crippen LogP contribution in [0.4, 0.5) is 0 Å². The molecule has 2 aliphatic rings. The second kappa shape index (κ2) is 17.3. The second-order valence-corrected chi connectivity index (χ2v) is 11.5. The molecule has 2 fully saturated rings. The molecule has 4 nitrogen and oxygen atoms in total. The highest BCUT2D eigenvalue weighted by Crippen LogP contribution is 2.31. The smallest absolute Gasteiger partial charge is 0.0815 e. The van der Waals surface area contributed by atoms with Gasteiger partial charge in [0.05, 0.1) is 53.4 Å². The molecule has 2 saturated heterocycles. The molecule has 0 spiro atoms. The Bertz CT molecular complexity index is 433. The van der Waals surface area contributed by atoms with Crippen LogP contribution in [0.1, 0.15) is 104 Å². The second-order valence-electron chi connectivity index (χ2n) is 11.5. The van der Waals surface area contributed by atoms with Crippen molar-refractivity contribution in [3.8, 4) is 0 Å². The Morgan fingerprint density at radius 2 is 1.00 bits per heavy atom. The standard InChI is InChI=1S/C26H56N4.C2H6/c1-29(19-9-5-3-7-17-27)21-14-25(15-22-29)12-11-13-26-16-23-30(2,24-26)20-10-6-4-8-18-28;1-2/h25-26H,3-24,27-28H2,1-2H3;1-2H3/q+2;. The van der Waals surface area contributed by atoms with Gasteiger partial charge < -0.3 is 20.4 Å². The minimum atomic E-state index is 0.863. The fourth-order valence-corrected chi connectivity index (χ4v) is 6.17. The van der Waals surface area contributed by atoms with E-state index < -0.39 is 0 Å². The quantitative estimate of drug-likeness (QED) is 0.237. The van der Waals surface area contributed by atoms with Crippen LogP contribution < -0.4 is 11.5 Å². The van der Waals surface area contributed by atoms with Gasteiger partial charge in [-0.05, 0) is 83.2 Å². The summed E-state index contributed by atoms with van der Waals surface area (Å²) in [5, 5.41) is 0. The molecule has 192 valence electrons. The van der Waals surface area contributed by atoms with Gasteiger partial charge in [0.1, 0.15) is 0 Å². The molecular weight excluding hydrogens is 392 g/mol. The van der Waals surface area contributed by atoms with Crippen molar-refractivity contribution in [2.75, 3.05) is 66.5 Å². The van der Waals surface area contributed by atoms with E-state index in [1.807, 2.05) is 13.8 Å². The van der Waals surface area contributed by atoms with E-state index >= 15 is 0 Å². The zero-order valence-corrected chi connectivity index (χ0v) is 22.8. The van der Waals surface area contributed by atoms with Crippen molar-refractivity contribution >= 4 is 0 Å². The van der Waals surface area contributed by atoms with Gasteiger partial charge in [-0.2, -0.15) is 0 Å². The summed E-state index contributed by atoms with van der Waals surface area (Å²) in [5.74, 6) is 2.01. The van der Waals surface area contributed by atoms with E-state index in [1.165, 1.54) is 138 Å². The number of likely N-dealkylation sites (tertiary alicyclic amines) is 2. The Hall–Kier alpha value is -0.160. The number of nitrogens with zero attached hydrogens (tertiary/aromatic N) is 2. The van der Waals surface area contributed by atoms with Crippen LogP contribution in [0.25, 0.3) is 0 Å². The normalized spacial score (nSPS) is 30.2. The van der Waals surface area contributed by atoms with Crippen molar-refractivity contribution in [2.24, 2.45) is 23.3 Å². The molecule has 2 atom stereocenters. The zero-order chi connectivity index (χ0) is 23.7. The minimum absolute atomic E-state index is 0.863. The van der Waals surface area contributed by atoms with Gasteiger partial charge in [-0.25, -0.2) is 0 Å². The Kier molecular flexibility index (Phi) is 16.2. The summed E-state index contributed by atoms with van der Waals surface area (Å²) in [6, 6.07) is 0. The van der Waals surface area contributed by atoms with E-state index in [0.717, 1.165) is 24.9 Å². The van der Waals surface area contributed by atoms with E-state index in [2.05, 4.69) is 14.1 Å². The monoisotopic (exact) mass is 454 g/mol. The summed E-state index contributed by atoms with van der Waals surface area (Å²) < 4.78 is 2.68. The molecule has 0 aromatic carbocycles. The molecule has 0 bridgehead atoms. The van der Waals surface area contributed by atoms with Crippen molar-refractivity contribution in [3.63, 3.8) is 0 Å². The van der Waals surface area contributed by atoms with Crippen LogP contribution in [-0.4, -0.2) is 75.4 Å². The van der Waals surface area contributed by atoms with Gasteiger partial charge in [-0.1, -0.05) is 33.1 Å². The number of rotatable bonds is 16. The molecule has 32 heavy (non-hydrogen) atoms. The van der Waals surface area contributed by atoms with Crippen molar-refractivity contribution in [2.45, 2.75) is 104 Å². The van der Waals surface area contributed by atoms with Crippen LogP contribution in [0.2, 0.25) is 0 Å². The summed E-state index contributed by atoms with van der Waals surface area (Å²) >= 11 is 0. The number of hydrogen-bond donors (Lipinski definition) is 2. The Labute approximate surface area is 202 Å². The molecule has 4 N–H and O–H groups in total. The highest BCUT2D eigenvalue weighted by atomic mass is 15.3. The lowest BCUT2D eigenvalue weighted by Crippen LogP contribution is -2.50. The third kappa shape index (κ3) is 12.3. The predicted molar refractivity (Wildman–Crippen MR) is 143 cm³/mol. The molecule has 0 radical (unpaired) electrons. The number of nitrogens with two attached hydrogens (primary N) is 2. The molecule has 4 heteroatoms. The van der Waals surface area contributed by atoms with Crippen molar-refractivity contribution < 1.29 is 8.97 Å². The average molecular weight is 455 g/mol. The summed E-state index contributed by atoms with van der Waals surface area (Å²) in [6.07, 6.45) is 19.5. The first-order valence-electron chi connectivity index (χ1n) is 14.6. The number of hydrogen-bond acceptors (Lipinski definition) is 2. The highest BCUT2D eigenvalue weighted by molar-refractivity contribution is 4.70.